The van der Waals surface area contributed by atoms with Crippen molar-refractivity contribution in [3.05, 3.63) is 53.3 Å². The fourth-order valence-electron chi connectivity index (χ4n) is 2.09. The molecule has 112 valence electrons. The van der Waals surface area contributed by atoms with Gasteiger partial charge in [-0.1, -0.05) is 24.0 Å². The highest BCUT2D eigenvalue weighted by Crippen LogP contribution is 2.36. The number of rotatable bonds is 3. The van der Waals surface area contributed by atoms with Crippen molar-refractivity contribution in [2.24, 2.45) is 0 Å². The Bertz CT molecular complexity index is 734. The molecule has 1 aromatic carbocycles. The van der Waals surface area contributed by atoms with E-state index < -0.39 is 0 Å². The third-order valence-corrected chi connectivity index (χ3v) is 4.54. The van der Waals surface area contributed by atoms with E-state index in [2.05, 4.69) is 0 Å². The van der Waals surface area contributed by atoms with Crippen LogP contribution in [0.1, 0.15) is 5.76 Å². The molecule has 1 saturated heterocycles. The molecule has 0 radical (unpaired) electrons. The smallest absolute Gasteiger partial charge is 0.270 e. The largest absolute Gasteiger partial charge is 0.465 e. The first kappa shape index (κ1) is 14.9. The van der Waals surface area contributed by atoms with Crippen molar-refractivity contribution < 1.29 is 9.21 Å². The number of thiocarbonyl (C=S) groups is 1. The highest BCUT2D eigenvalue weighted by Gasteiger charge is 2.33. The summed E-state index contributed by atoms with van der Waals surface area (Å²) in [7, 11) is 3.95. The molecule has 0 saturated carbocycles. The van der Waals surface area contributed by atoms with Gasteiger partial charge in [-0.25, -0.2) is 0 Å². The minimum atomic E-state index is -0.121. The molecular weight excluding hydrogens is 316 g/mol. The van der Waals surface area contributed by atoms with Gasteiger partial charge in [0.15, 0.2) is 4.32 Å². The lowest BCUT2D eigenvalue weighted by atomic mass is 10.2. The molecule has 4 nitrogen and oxygen atoms in total. The molecule has 3 rings (SSSR count). The number of nitrogens with zero attached hydrogens (tertiary/aromatic N) is 2. The van der Waals surface area contributed by atoms with Gasteiger partial charge >= 0.3 is 0 Å². The van der Waals surface area contributed by atoms with Crippen LogP contribution in [-0.4, -0.2) is 24.3 Å². The van der Waals surface area contributed by atoms with Gasteiger partial charge < -0.3 is 9.32 Å². The lowest BCUT2D eigenvalue weighted by Crippen LogP contribution is -2.27. The molecule has 0 aliphatic carbocycles. The van der Waals surface area contributed by atoms with Crippen molar-refractivity contribution >= 4 is 51.7 Å². The topological polar surface area (TPSA) is 36.7 Å². The average molecular weight is 330 g/mol. The second-order valence-corrected chi connectivity index (χ2v) is 6.62. The van der Waals surface area contributed by atoms with Crippen LogP contribution in [0.4, 0.5) is 11.4 Å². The maximum absolute atomic E-state index is 12.6. The number of carbonyl (C=O) groups is 1. The van der Waals surface area contributed by atoms with Crippen LogP contribution in [-0.2, 0) is 4.79 Å². The predicted octanol–water partition coefficient (Wildman–Crippen LogP) is 3.75. The Balaban J connectivity index is 1.88. The van der Waals surface area contributed by atoms with Gasteiger partial charge in [0.1, 0.15) is 5.76 Å². The summed E-state index contributed by atoms with van der Waals surface area (Å²) in [6.07, 6.45) is 3.29. The second-order valence-electron chi connectivity index (χ2n) is 4.94. The number of anilines is 2. The lowest BCUT2D eigenvalue weighted by molar-refractivity contribution is -0.113. The van der Waals surface area contributed by atoms with Gasteiger partial charge in [-0.3, -0.25) is 9.69 Å². The van der Waals surface area contributed by atoms with Crippen LogP contribution in [0.25, 0.3) is 6.08 Å². The molecule has 1 amide bonds. The van der Waals surface area contributed by atoms with Gasteiger partial charge in [-0.15, -0.1) is 0 Å². The van der Waals surface area contributed by atoms with E-state index in [0.717, 1.165) is 11.4 Å². The fraction of sp³-hybridized carbons (Fsp3) is 0.125. The Labute approximate surface area is 138 Å². The summed E-state index contributed by atoms with van der Waals surface area (Å²) in [6.45, 7) is 0. The van der Waals surface area contributed by atoms with E-state index >= 15 is 0 Å². The molecule has 1 aliphatic rings. The minimum Gasteiger partial charge on any atom is -0.465 e. The van der Waals surface area contributed by atoms with E-state index in [0.29, 0.717) is 15.0 Å². The second kappa shape index (κ2) is 5.98. The number of hydrogen-bond donors (Lipinski definition) is 0. The maximum atomic E-state index is 12.6. The number of amides is 1. The summed E-state index contributed by atoms with van der Waals surface area (Å²) in [5, 5.41) is 0. The summed E-state index contributed by atoms with van der Waals surface area (Å²) >= 11 is 6.63. The number of benzene rings is 1. The Hall–Kier alpha value is -2.05. The molecule has 0 spiro atoms. The molecule has 0 bridgehead atoms. The van der Waals surface area contributed by atoms with Gasteiger partial charge in [0.2, 0.25) is 0 Å². The zero-order chi connectivity index (χ0) is 15.7. The molecule has 0 unspecified atom stereocenters. The van der Waals surface area contributed by atoms with Crippen molar-refractivity contribution in [3.63, 3.8) is 0 Å². The first-order valence-corrected chi connectivity index (χ1v) is 7.87. The molecule has 1 aliphatic heterocycles. The van der Waals surface area contributed by atoms with Crippen molar-refractivity contribution in [2.45, 2.75) is 0 Å². The first-order chi connectivity index (χ1) is 10.6. The van der Waals surface area contributed by atoms with Crippen LogP contribution in [0.2, 0.25) is 0 Å². The van der Waals surface area contributed by atoms with Crippen LogP contribution in [0, 0.1) is 0 Å². The van der Waals surface area contributed by atoms with Crippen molar-refractivity contribution in [1.82, 2.24) is 0 Å². The summed E-state index contributed by atoms with van der Waals surface area (Å²) in [4.78, 5) is 16.7. The third kappa shape index (κ3) is 2.80. The van der Waals surface area contributed by atoms with E-state index in [9.17, 15) is 4.79 Å². The Kier molecular flexibility index (Phi) is 4.04. The maximum Gasteiger partial charge on any atom is 0.270 e. The van der Waals surface area contributed by atoms with E-state index in [4.69, 9.17) is 16.6 Å². The minimum absolute atomic E-state index is 0.121. The monoisotopic (exact) mass is 330 g/mol. The first-order valence-electron chi connectivity index (χ1n) is 6.65. The van der Waals surface area contributed by atoms with Gasteiger partial charge in [0.25, 0.3) is 5.91 Å². The zero-order valence-corrected chi connectivity index (χ0v) is 13.8. The number of carbonyl (C=O) groups excluding carboxylic acids is 1. The highest BCUT2D eigenvalue weighted by atomic mass is 32.2. The molecule has 2 heterocycles. The van der Waals surface area contributed by atoms with Crippen LogP contribution in [0.15, 0.2) is 52.0 Å². The van der Waals surface area contributed by atoms with Crippen LogP contribution >= 0.6 is 24.0 Å². The Morgan fingerprint density at radius 3 is 2.55 bits per heavy atom. The van der Waals surface area contributed by atoms with Crippen molar-refractivity contribution in [1.29, 1.82) is 0 Å². The quantitative estimate of drug-likeness (QED) is 0.633. The van der Waals surface area contributed by atoms with Crippen molar-refractivity contribution in [3.8, 4) is 0 Å². The van der Waals surface area contributed by atoms with E-state index in [1.165, 1.54) is 11.8 Å². The summed E-state index contributed by atoms with van der Waals surface area (Å²) in [5.74, 6) is 0.521. The SMILES string of the molecule is CN(C)c1ccc(N2C(=O)/C(=C/c3ccco3)SC2=S)cc1. The molecule has 0 N–H and O–H groups in total. The number of furan rings is 1. The van der Waals surface area contributed by atoms with E-state index in [1.54, 1.807) is 29.4 Å². The van der Waals surface area contributed by atoms with E-state index in [-0.39, 0.29) is 5.91 Å². The number of thioether (sulfide) groups is 1. The van der Waals surface area contributed by atoms with Gasteiger partial charge in [0, 0.05) is 25.9 Å². The van der Waals surface area contributed by atoms with Crippen molar-refractivity contribution in [2.75, 3.05) is 23.9 Å². The summed E-state index contributed by atoms with van der Waals surface area (Å²) < 4.78 is 5.78. The Morgan fingerprint density at radius 2 is 1.95 bits per heavy atom. The van der Waals surface area contributed by atoms with E-state index in [1.807, 2.05) is 43.3 Å². The van der Waals surface area contributed by atoms with Crippen LogP contribution in [0.3, 0.4) is 0 Å². The van der Waals surface area contributed by atoms with Gasteiger partial charge in [0.05, 0.1) is 16.9 Å². The molecule has 0 atom stereocenters. The summed E-state index contributed by atoms with van der Waals surface area (Å²) in [6, 6.07) is 11.3. The summed E-state index contributed by atoms with van der Waals surface area (Å²) in [5.41, 5.74) is 1.84. The molecule has 6 heteroatoms. The molecule has 1 aromatic heterocycles. The standard InChI is InChI=1S/C16H14N2O2S2/c1-17(2)11-5-7-12(8-6-11)18-15(19)14(22-16(18)21)10-13-4-3-9-20-13/h3-10H,1-2H3/b14-10-. The molecule has 1 fully saturated rings. The van der Waals surface area contributed by atoms with Crippen LogP contribution < -0.4 is 9.80 Å². The number of hydrogen-bond acceptors (Lipinski definition) is 5. The molecule has 22 heavy (non-hydrogen) atoms. The third-order valence-electron chi connectivity index (χ3n) is 3.23. The van der Waals surface area contributed by atoms with Gasteiger partial charge in [-0.2, -0.15) is 0 Å². The lowest BCUT2D eigenvalue weighted by Gasteiger charge is -2.17. The highest BCUT2D eigenvalue weighted by molar-refractivity contribution is 8.27. The fourth-order valence-corrected chi connectivity index (χ4v) is 3.37. The predicted molar refractivity (Wildman–Crippen MR) is 95.1 cm³/mol. The van der Waals surface area contributed by atoms with Crippen LogP contribution in [0.5, 0.6) is 0 Å². The molecular formula is C16H14N2O2S2. The zero-order valence-electron chi connectivity index (χ0n) is 12.1. The Morgan fingerprint density at radius 1 is 1.23 bits per heavy atom. The molecule has 2 aromatic rings. The average Bonchev–Trinajstić information content (AvgIpc) is 3.09. The van der Waals surface area contributed by atoms with Gasteiger partial charge in [-0.05, 0) is 36.4 Å². The normalized spacial score (nSPS) is 16.6.